The van der Waals surface area contributed by atoms with Crippen LogP contribution in [0.5, 0.6) is 0 Å². The summed E-state index contributed by atoms with van der Waals surface area (Å²) < 4.78 is 3.82. The Morgan fingerprint density at radius 3 is 2.81 bits per heavy atom. The van der Waals surface area contributed by atoms with Crippen molar-refractivity contribution < 1.29 is 4.79 Å². The molecule has 0 saturated carbocycles. The lowest BCUT2D eigenvalue weighted by molar-refractivity contribution is 0.0956. The fraction of sp³-hybridized carbons (Fsp3) is 0.700. The Balaban J connectivity index is 2.49. The van der Waals surface area contributed by atoms with E-state index in [2.05, 4.69) is 20.2 Å². The summed E-state index contributed by atoms with van der Waals surface area (Å²) in [4.78, 5) is 12.4. The molecule has 1 rings (SSSR count). The number of likely N-dealkylation sites (N-methyl/N-ethyl adjacent to an activating group) is 1. The van der Waals surface area contributed by atoms with Gasteiger partial charge in [-0.3, -0.25) is 4.79 Å². The van der Waals surface area contributed by atoms with Crippen LogP contribution in [0.4, 0.5) is 0 Å². The Labute approximate surface area is 99.8 Å². The van der Waals surface area contributed by atoms with Crippen molar-refractivity contribution in [2.24, 2.45) is 0 Å². The minimum Gasteiger partial charge on any atom is -0.350 e. The highest BCUT2D eigenvalue weighted by Crippen LogP contribution is 2.19. The van der Waals surface area contributed by atoms with E-state index in [1.807, 2.05) is 20.8 Å². The van der Waals surface area contributed by atoms with Crippen LogP contribution in [-0.2, 0) is 0 Å². The molecule has 0 fully saturated rings. The predicted molar refractivity (Wildman–Crippen MR) is 64.9 cm³/mol. The van der Waals surface area contributed by atoms with E-state index in [9.17, 15) is 4.79 Å². The van der Waals surface area contributed by atoms with Gasteiger partial charge in [0.05, 0.1) is 5.69 Å². The van der Waals surface area contributed by atoms with Crippen molar-refractivity contribution in [1.29, 1.82) is 0 Å². The number of nitrogens with zero attached hydrogens (tertiary/aromatic N) is 2. The van der Waals surface area contributed by atoms with Crippen molar-refractivity contribution in [3.63, 3.8) is 0 Å². The molecule has 0 saturated heterocycles. The lowest BCUT2D eigenvalue weighted by Crippen LogP contribution is -2.31. The second-order valence-electron chi connectivity index (χ2n) is 3.75. The molecular formula is C10H18N4OS. The van der Waals surface area contributed by atoms with E-state index in [-0.39, 0.29) is 11.8 Å². The van der Waals surface area contributed by atoms with Crippen molar-refractivity contribution in [2.75, 3.05) is 19.6 Å². The summed E-state index contributed by atoms with van der Waals surface area (Å²) >= 11 is 1.16. The Hall–Kier alpha value is -1.01. The largest absolute Gasteiger partial charge is 0.350 e. The molecule has 0 radical (unpaired) electrons. The molecule has 0 bridgehead atoms. The molecule has 0 atom stereocenters. The number of aromatic nitrogens is 2. The maximum Gasteiger partial charge on any atom is 0.265 e. The standard InChI is InChI=1S/C10H18N4OS/c1-4-11-5-6-12-10(15)9-8(7(2)3)13-14-16-9/h7,11H,4-6H2,1-3H3,(H,12,15). The maximum absolute atomic E-state index is 11.8. The number of nitrogens with one attached hydrogen (secondary N) is 2. The van der Waals surface area contributed by atoms with Crippen LogP contribution >= 0.6 is 11.5 Å². The lowest BCUT2D eigenvalue weighted by Gasteiger charge is -2.06. The lowest BCUT2D eigenvalue weighted by atomic mass is 10.1. The van der Waals surface area contributed by atoms with E-state index in [1.54, 1.807) is 0 Å². The van der Waals surface area contributed by atoms with Crippen molar-refractivity contribution in [3.05, 3.63) is 10.6 Å². The van der Waals surface area contributed by atoms with Crippen molar-refractivity contribution in [1.82, 2.24) is 20.2 Å². The van der Waals surface area contributed by atoms with Gasteiger partial charge in [0.15, 0.2) is 0 Å². The summed E-state index contributed by atoms with van der Waals surface area (Å²) in [6.07, 6.45) is 0. The molecule has 1 heterocycles. The zero-order chi connectivity index (χ0) is 12.0. The molecule has 6 heteroatoms. The van der Waals surface area contributed by atoms with E-state index < -0.39 is 0 Å². The molecule has 0 spiro atoms. The molecule has 2 N–H and O–H groups in total. The van der Waals surface area contributed by atoms with Crippen LogP contribution in [0.2, 0.25) is 0 Å². The van der Waals surface area contributed by atoms with Gasteiger partial charge in [-0.1, -0.05) is 25.3 Å². The first-order chi connectivity index (χ1) is 7.66. The zero-order valence-electron chi connectivity index (χ0n) is 9.91. The highest BCUT2D eigenvalue weighted by molar-refractivity contribution is 7.08. The molecule has 5 nitrogen and oxygen atoms in total. The number of rotatable bonds is 6. The van der Waals surface area contributed by atoms with Gasteiger partial charge >= 0.3 is 0 Å². The molecule has 0 aromatic carbocycles. The van der Waals surface area contributed by atoms with Gasteiger partial charge in [-0.25, -0.2) is 0 Å². The second-order valence-corrected chi connectivity index (χ2v) is 4.51. The number of carbonyl (C=O) groups is 1. The Morgan fingerprint density at radius 2 is 2.19 bits per heavy atom. The molecular weight excluding hydrogens is 224 g/mol. The van der Waals surface area contributed by atoms with E-state index in [1.165, 1.54) is 0 Å². The smallest absolute Gasteiger partial charge is 0.265 e. The fourth-order valence-electron chi connectivity index (χ4n) is 1.25. The molecule has 1 aromatic heterocycles. The third-order valence-electron chi connectivity index (χ3n) is 2.10. The molecule has 0 aliphatic carbocycles. The highest BCUT2D eigenvalue weighted by Gasteiger charge is 2.17. The van der Waals surface area contributed by atoms with Crippen LogP contribution in [0, 0.1) is 0 Å². The zero-order valence-corrected chi connectivity index (χ0v) is 10.7. The van der Waals surface area contributed by atoms with Crippen molar-refractivity contribution in [3.8, 4) is 0 Å². The maximum atomic E-state index is 11.8. The van der Waals surface area contributed by atoms with Gasteiger partial charge in [0.25, 0.3) is 5.91 Å². The quantitative estimate of drug-likeness (QED) is 0.730. The van der Waals surface area contributed by atoms with E-state index in [0.717, 1.165) is 30.3 Å². The van der Waals surface area contributed by atoms with Crippen LogP contribution in [0.1, 0.15) is 42.1 Å². The molecule has 0 unspecified atom stereocenters. The Kier molecular flexibility index (Phi) is 5.34. The first-order valence-electron chi connectivity index (χ1n) is 5.48. The first kappa shape index (κ1) is 13.1. The molecule has 1 aromatic rings. The normalized spacial score (nSPS) is 10.8. The summed E-state index contributed by atoms with van der Waals surface area (Å²) in [5.74, 6) is 0.157. The summed E-state index contributed by atoms with van der Waals surface area (Å²) in [6, 6.07) is 0. The SMILES string of the molecule is CCNCCNC(=O)c1snnc1C(C)C. The summed E-state index contributed by atoms with van der Waals surface area (Å²) in [6.45, 7) is 8.37. The fourth-order valence-corrected chi connectivity index (χ4v) is 1.99. The number of carbonyl (C=O) groups excluding carboxylic acids is 1. The molecule has 1 amide bonds. The monoisotopic (exact) mass is 242 g/mol. The molecule has 90 valence electrons. The van der Waals surface area contributed by atoms with Crippen molar-refractivity contribution >= 4 is 17.4 Å². The van der Waals surface area contributed by atoms with Gasteiger partial charge in [-0.15, -0.1) is 5.10 Å². The van der Waals surface area contributed by atoms with E-state index >= 15 is 0 Å². The van der Waals surface area contributed by atoms with Gasteiger partial charge in [-0.2, -0.15) is 0 Å². The average molecular weight is 242 g/mol. The van der Waals surface area contributed by atoms with Crippen molar-refractivity contribution in [2.45, 2.75) is 26.7 Å². The van der Waals surface area contributed by atoms with Gasteiger partial charge in [0.2, 0.25) is 0 Å². The predicted octanol–water partition coefficient (Wildman–Crippen LogP) is 1.00. The van der Waals surface area contributed by atoms with Crippen LogP contribution in [0.15, 0.2) is 0 Å². The van der Waals surface area contributed by atoms with Gasteiger partial charge in [0.1, 0.15) is 4.88 Å². The topological polar surface area (TPSA) is 66.9 Å². The minimum absolute atomic E-state index is 0.0726. The third-order valence-corrected chi connectivity index (χ3v) is 2.84. The van der Waals surface area contributed by atoms with Gasteiger partial charge in [-0.05, 0) is 24.0 Å². The molecule has 16 heavy (non-hydrogen) atoms. The van der Waals surface area contributed by atoms with Crippen LogP contribution < -0.4 is 10.6 Å². The Bertz CT molecular complexity index is 337. The minimum atomic E-state index is -0.0726. The number of hydrogen-bond donors (Lipinski definition) is 2. The molecule has 0 aliphatic heterocycles. The van der Waals surface area contributed by atoms with Gasteiger partial charge < -0.3 is 10.6 Å². The van der Waals surface area contributed by atoms with E-state index in [0.29, 0.717) is 11.4 Å². The first-order valence-corrected chi connectivity index (χ1v) is 6.25. The molecule has 0 aliphatic rings. The highest BCUT2D eigenvalue weighted by atomic mass is 32.1. The Morgan fingerprint density at radius 1 is 1.44 bits per heavy atom. The summed E-state index contributed by atoms with van der Waals surface area (Å²) in [5, 5.41) is 9.96. The van der Waals surface area contributed by atoms with Crippen LogP contribution in [0.3, 0.4) is 0 Å². The third kappa shape index (κ3) is 3.53. The number of hydrogen-bond acceptors (Lipinski definition) is 5. The van der Waals surface area contributed by atoms with Gasteiger partial charge in [0, 0.05) is 13.1 Å². The second kappa shape index (κ2) is 6.55. The van der Waals surface area contributed by atoms with E-state index in [4.69, 9.17) is 0 Å². The number of amides is 1. The summed E-state index contributed by atoms with van der Waals surface area (Å²) in [5.41, 5.74) is 0.783. The summed E-state index contributed by atoms with van der Waals surface area (Å²) in [7, 11) is 0. The van der Waals surface area contributed by atoms with Crippen LogP contribution in [-0.4, -0.2) is 35.1 Å². The average Bonchev–Trinajstić information content (AvgIpc) is 2.73. The van der Waals surface area contributed by atoms with Crippen LogP contribution in [0.25, 0.3) is 0 Å².